The zero-order valence-electron chi connectivity index (χ0n) is 17.2. The van der Waals surface area contributed by atoms with Crippen molar-refractivity contribution in [1.29, 1.82) is 0 Å². The van der Waals surface area contributed by atoms with Crippen molar-refractivity contribution >= 4 is 38.3 Å². The fourth-order valence-corrected chi connectivity index (χ4v) is 5.31. The van der Waals surface area contributed by atoms with Crippen LogP contribution >= 0.6 is 11.3 Å². The summed E-state index contributed by atoms with van der Waals surface area (Å²) in [6, 6.07) is 5.81. The number of rotatable bonds is 6. The molecule has 8 nitrogen and oxygen atoms in total. The Morgan fingerprint density at radius 2 is 1.93 bits per heavy atom. The van der Waals surface area contributed by atoms with E-state index < -0.39 is 10.0 Å². The van der Waals surface area contributed by atoms with Gasteiger partial charge in [0.25, 0.3) is 5.91 Å². The number of benzene rings is 1. The number of nitrogens with one attached hydrogen (secondary N) is 2. The van der Waals surface area contributed by atoms with Crippen LogP contribution in [0.15, 0.2) is 34.5 Å². The largest absolute Gasteiger partial charge is 0.339 e. The van der Waals surface area contributed by atoms with Crippen molar-refractivity contribution in [2.45, 2.75) is 44.6 Å². The molecule has 30 heavy (non-hydrogen) atoms. The highest BCUT2D eigenvalue weighted by Crippen LogP contribution is 2.23. The van der Waals surface area contributed by atoms with Crippen molar-refractivity contribution in [3.63, 3.8) is 0 Å². The molecule has 1 aliphatic heterocycles. The summed E-state index contributed by atoms with van der Waals surface area (Å²) < 4.78 is 27.3. The van der Waals surface area contributed by atoms with Crippen molar-refractivity contribution in [3.05, 3.63) is 40.9 Å². The van der Waals surface area contributed by atoms with E-state index in [1.165, 1.54) is 23.5 Å². The molecule has 2 N–H and O–H groups in total. The molecule has 1 fully saturated rings. The number of carbonyl (C=O) groups is 2. The Morgan fingerprint density at radius 1 is 1.23 bits per heavy atom. The molecule has 162 valence electrons. The van der Waals surface area contributed by atoms with Crippen molar-refractivity contribution in [1.82, 2.24) is 14.6 Å². The molecule has 2 amide bonds. The van der Waals surface area contributed by atoms with Gasteiger partial charge in [0.15, 0.2) is 5.13 Å². The monoisotopic (exact) mass is 450 g/mol. The summed E-state index contributed by atoms with van der Waals surface area (Å²) in [6.07, 6.45) is 1.10. The van der Waals surface area contributed by atoms with E-state index in [-0.39, 0.29) is 28.7 Å². The Morgan fingerprint density at radius 3 is 2.53 bits per heavy atom. The maximum absolute atomic E-state index is 12.9. The molecule has 2 heterocycles. The lowest BCUT2D eigenvalue weighted by Crippen LogP contribution is -2.41. The summed E-state index contributed by atoms with van der Waals surface area (Å²) in [5.41, 5.74) is 1.19. The highest BCUT2D eigenvalue weighted by molar-refractivity contribution is 7.89. The van der Waals surface area contributed by atoms with Crippen LogP contribution in [0.3, 0.4) is 0 Å². The van der Waals surface area contributed by atoms with E-state index in [2.05, 4.69) is 15.0 Å². The van der Waals surface area contributed by atoms with E-state index in [1.807, 2.05) is 12.3 Å². The Bertz CT molecular complexity index is 1020. The van der Waals surface area contributed by atoms with Crippen molar-refractivity contribution in [2.24, 2.45) is 5.92 Å². The normalized spacial score (nSPS) is 15.4. The molecule has 1 aromatic carbocycles. The molecule has 0 radical (unpaired) electrons. The van der Waals surface area contributed by atoms with Gasteiger partial charge in [-0.2, -0.15) is 0 Å². The van der Waals surface area contributed by atoms with Gasteiger partial charge < -0.3 is 10.2 Å². The summed E-state index contributed by atoms with van der Waals surface area (Å²) >= 11 is 1.39. The Balaban J connectivity index is 1.61. The van der Waals surface area contributed by atoms with E-state index in [4.69, 9.17) is 0 Å². The van der Waals surface area contributed by atoms with Crippen LogP contribution < -0.4 is 10.0 Å². The summed E-state index contributed by atoms with van der Waals surface area (Å²) in [4.78, 5) is 31.3. The predicted molar refractivity (Wildman–Crippen MR) is 116 cm³/mol. The number of thiazole rings is 1. The average Bonchev–Trinajstić information content (AvgIpc) is 3.11. The quantitative estimate of drug-likeness (QED) is 0.703. The van der Waals surface area contributed by atoms with Crippen LogP contribution in [0.4, 0.5) is 5.13 Å². The Labute approximate surface area is 180 Å². The van der Waals surface area contributed by atoms with Gasteiger partial charge in [-0.1, -0.05) is 6.07 Å². The van der Waals surface area contributed by atoms with Crippen molar-refractivity contribution in [3.8, 4) is 0 Å². The van der Waals surface area contributed by atoms with Crippen LogP contribution in [0.1, 0.15) is 42.7 Å². The first-order chi connectivity index (χ1) is 14.2. The van der Waals surface area contributed by atoms with Gasteiger partial charge >= 0.3 is 0 Å². The number of sulfonamides is 1. The zero-order valence-corrected chi connectivity index (χ0v) is 18.8. The Hall–Kier alpha value is -2.30. The summed E-state index contributed by atoms with van der Waals surface area (Å²) in [5.74, 6) is -0.490. The first kappa shape index (κ1) is 22.4. The van der Waals surface area contributed by atoms with Crippen LogP contribution in [0.2, 0.25) is 0 Å². The van der Waals surface area contributed by atoms with Crippen molar-refractivity contribution < 1.29 is 18.0 Å². The van der Waals surface area contributed by atoms with Gasteiger partial charge in [0, 0.05) is 36.0 Å². The number of piperidine rings is 1. The minimum absolute atomic E-state index is 0.0649. The van der Waals surface area contributed by atoms with Crippen LogP contribution in [0, 0.1) is 12.8 Å². The first-order valence-electron chi connectivity index (χ1n) is 9.80. The van der Waals surface area contributed by atoms with Crippen LogP contribution in [0.25, 0.3) is 0 Å². The Kier molecular flexibility index (Phi) is 6.89. The van der Waals surface area contributed by atoms with Crippen LogP contribution in [0.5, 0.6) is 0 Å². The van der Waals surface area contributed by atoms with Gasteiger partial charge in [0.2, 0.25) is 15.9 Å². The van der Waals surface area contributed by atoms with Crippen molar-refractivity contribution in [2.75, 3.05) is 18.4 Å². The lowest BCUT2D eigenvalue weighted by atomic mass is 9.95. The summed E-state index contributed by atoms with van der Waals surface area (Å²) in [7, 11) is -3.67. The number of carbonyl (C=O) groups excluding carboxylic acids is 2. The number of nitrogens with zero attached hydrogens (tertiary/aromatic N) is 2. The topological polar surface area (TPSA) is 108 Å². The number of likely N-dealkylation sites (tertiary alicyclic amines) is 1. The van der Waals surface area contributed by atoms with Crippen LogP contribution in [-0.2, 0) is 14.8 Å². The molecule has 0 unspecified atom stereocenters. The third kappa shape index (κ3) is 5.44. The minimum atomic E-state index is -3.67. The highest BCUT2D eigenvalue weighted by Gasteiger charge is 2.29. The molecular formula is C20H26N4O4S2. The molecule has 0 saturated carbocycles. The van der Waals surface area contributed by atoms with Gasteiger partial charge in [-0.05, 0) is 51.8 Å². The first-order valence-corrected chi connectivity index (χ1v) is 12.2. The minimum Gasteiger partial charge on any atom is -0.339 e. The van der Waals surface area contributed by atoms with Gasteiger partial charge in [-0.25, -0.2) is 18.1 Å². The van der Waals surface area contributed by atoms with E-state index in [9.17, 15) is 18.0 Å². The average molecular weight is 451 g/mol. The summed E-state index contributed by atoms with van der Waals surface area (Å²) in [5, 5.41) is 5.30. The second-order valence-corrected chi connectivity index (χ2v) is 10.2. The summed E-state index contributed by atoms with van der Waals surface area (Å²) in [6.45, 7) is 6.23. The maximum atomic E-state index is 12.9. The number of aromatic nitrogens is 1. The van der Waals surface area contributed by atoms with Crippen LogP contribution in [-0.4, -0.2) is 49.2 Å². The van der Waals surface area contributed by atoms with Gasteiger partial charge in [-0.15, -0.1) is 11.3 Å². The molecule has 0 bridgehead atoms. The molecule has 10 heteroatoms. The molecule has 2 aromatic rings. The van der Waals surface area contributed by atoms with Gasteiger partial charge in [-0.3, -0.25) is 9.59 Å². The molecule has 1 aromatic heterocycles. The predicted octanol–water partition coefficient (Wildman–Crippen LogP) is 2.63. The standard InChI is InChI=1S/C20H26N4O4S2/c1-13(2)23-30(27,28)17-6-4-5-16(11-17)19(26)24-9-7-15(8-10-24)18(25)22-20-21-14(3)12-29-20/h4-6,11-13,15,23H,7-10H2,1-3H3,(H,21,22,25). The number of aryl methyl sites for hydroxylation is 1. The smallest absolute Gasteiger partial charge is 0.253 e. The fourth-order valence-electron chi connectivity index (χ4n) is 3.32. The van der Waals surface area contributed by atoms with E-state index in [1.54, 1.807) is 30.9 Å². The molecule has 1 aliphatic rings. The molecule has 0 aliphatic carbocycles. The number of anilines is 1. The number of amides is 2. The van der Waals surface area contributed by atoms with Gasteiger partial charge in [0.05, 0.1) is 10.6 Å². The molecular weight excluding hydrogens is 424 g/mol. The van der Waals surface area contributed by atoms with Gasteiger partial charge in [0.1, 0.15) is 0 Å². The molecule has 3 rings (SSSR count). The SMILES string of the molecule is Cc1csc(NC(=O)C2CCN(C(=O)c3cccc(S(=O)(=O)NC(C)C)c3)CC2)n1. The third-order valence-corrected chi connectivity index (χ3v) is 7.32. The number of hydrogen-bond donors (Lipinski definition) is 2. The van der Waals surface area contributed by atoms with E-state index in [0.717, 1.165) is 5.69 Å². The third-order valence-electron chi connectivity index (χ3n) is 4.78. The lowest BCUT2D eigenvalue weighted by Gasteiger charge is -2.31. The molecule has 0 spiro atoms. The molecule has 1 saturated heterocycles. The molecule has 0 atom stereocenters. The fraction of sp³-hybridized carbons (Fsp3) is 0.450. The second-order valence-electron chi connectivity index (χ2n) is 7.65. The van der Waals surface area contributed by atoms with E-state index in [0.29, 0.717) is 36.6 Å². The maximum Gasteiger partial charge on any atom is 0.253 e. The second kappa shape index (κ2) is 9.23. The number of hydrogen-bond acceptors (Lipinski definition) is 6. The lowest BCUT2D eigenvalue weighted by molar-refractivity contribution is -0.121. The van der Waals surface area contributed by atoms with E-state index >= 15 is 0 Å². The zero-order chi connectivity index (χ0) is 21.9. The highest BCUT2D eigenvalue weighted by atomic mass is 32.2.